The summed E-state index contributed by atoms with van der Waals surface area (Å²) in [6, 6.07) is 10.9. The Hall–Kier alpha value is -1.54. The van der Waals surface area contributed by atoms with Gasteiger partial charge in [-0.3, -0.25) is 0 Å². The first-order valence-electron chi connectivity index (χ1n) is 12.5. The second-order valence-electron chi connectivity index (χ2n) is 10.3. The highest BCUT2D eigenvalue weighted by atomic mass is 16.5. The molecule has 0 unspecified atom stereocenters. The van der Waals surface area contributed by atoms with Crippen LogP contribution in [0.4, 0.5) is 0 Å². The Balaban J connectivity index is 1.32. The number of ether oxygens (including phenoxy) is 1. The zero-order chi connectivity index (χ0) is 20.6. The van der Waals surface area contributed by atoms with E-state index in [1.165, 1.54) is 43.4 Å². The number of benzene rings is 1. The van der Waals surface area contributed by atoms with Crippen LogP contribution in [0.1, 0.15) is 76.7 Å². The van der Waals surface area contributed by atoms with Crippen LogP contribution in [0.2, 0.25) is 0 Å². The topological polar surface area (TPSA) is 29.5 Å². The van der Waals surface area contributed by atoms with Gasteiger partial charge in [-0.15, -0.1) is 0 Å². The second-order valence-corrected chi connectivity index (χ2v) is 10.3. The van der Waals surface area contributed by atoms with E-state index < -0.39 is 0 Å². The summed E-state index contributed by atoms with van der Waals surface area (Å²) in [6.07, 6.45) is 15.1. The van der Waals surface area contributed by atoms with Gasteiger partial charge < -0.3 is 9.84 Å². The van der Waals surface area contributed by atoms with Gasteiger partial charge in [0.15, 0.2) is 0 Å². The van der Waals surface area contributed by atoms with E-state index in [9.17, 15) is 5.11 Å². The molecule has 5 rings (SSSR count). The lowest BCUT2D eigenvalue weighted by Crippen LogP contribution is -2.47. The summed E-state index contributed by atoms with van der Waals surface area (Å²) in [6.45, 7) is 3.03. The predicted octanol–water partition coefficient (Wildman–Crippen LogP) is 6.60. The van der Waals surface area contributed by atoms with Gasteiger partial charge in [-0.25, -0.2) is 0 Å². The maximum absolute atomic E-state index is 11.2. The highest BCUT2D eigenvalue weighted by molar-refractivity contribution is 5.33. The molecule has 1 aromatic rings. The van der Waals surface area contributed by atoms with Gasteiger partial charge >= 0.3 is 0 Å². The van der Waals surface area contributed by atoms with Crippen LogP contribution in [0.5, 0.6) is 0 Å². The van der Waals surface area contributed by atoms with Crippen LogP contribution in [0.15, 0.2) is 53.3 Å². The number of aryl methyl sites for hydroxylation is 1. The molecule has 0 saturated heterocycles. The van der Waals surface area contributed by atoms with Gasteiger partial charge in [0.2, 0.25) is 0 Å². The molecule has 0 aliphatic heterocycles. The minimum absolute atomic E-state index is 0.0946. The Kier molecular flexibility index (Phi) is 5.79. The summed E-state index contributed by atoms with van der Waals surface area (Å²) in [5, 5.41) is 11.2. The zero-order valence-corrected chi connectivity index (χ0v) is 18.6. The van der Waals surface area contributed by atoms with Crippen molar-refractivity contribution in [2.45, 2.75) is 83.7 Å². The van der Waals surface area contributed by atoms with Gasteiger partial charge in [-0.05, 0) is 99.0 Å². The lowest BCUT2D eigenvalue weighted by atomic mass is 9.53. The molecule has 2 saturated carbocycles. The van der Waals surface area contributed by atoms with Crippen LogP contribution >= 0.6 is 0 Å². The van der Waals surface area contributed by atoms with Crippen LogP contribution in [0, 0.1) is 23.2 Å². The highest BCUT2D eigenvalue weighted by Crippen LogP contribution is 2.62. The molecule has 2 fully saturated rings. The minimum Gasteiger partial charge on any atom is -0.498 e. The number of hydrogen-bond acceptors (Lipinski definition) is 2. The molecule has 0 amide bonds. The molecule has 4 aliphatic rings. The molecule has 0 spiro atoms. The van der Waals surface area contributed by atoms with Crippen molar-refractivity contribution in [3.8, 4) is 0 Å². The van der Waals surface area contributed by atoms with Crippen molar-refractivity contribution in [1.82, 2.24) is 0 Å². The molecule has 0 radical (unpaired) electrons. The van der Waals surface area contributed by atoms with Crippen molar-refractivity contribution in [2.24, 2.45) is 23.2 Å². The Morgan fingerprint density at radius 1 is 1.10 bits per heavy atom. The van der Waals surface area contributed by atoms with Crippen molar-refractivity contribution in [2.75, 3.05) is 6.61 Å². The van der Waals surface area contributed by atoms with Gasteiger partial charge in [0.1, 0.15) is 0 Å². The number of hydrogen-bond donors (Lipinski definition) is 1. The number of allylic oxidation sites excluding steroid dienone is 3. The monoisotopic (exact) mass is 406 g/mol. The summed E-state index contributed by atoms with van der Waals surface area (Å²) >= 11 is 0. The van der Waals surface area contributed by atoms with Gasteiger partial charge in [-0.2, -0.15) is 0 Å². The van der Waals surface area contributed by atoms with E-state index in [1.807, 2.05) is 0 Å². The van der Waals surface area contributed by atoms with Gasteiger partial charge in [0.05, 0.1) is 18.5 Å². The van der Waals surface area contributed by atoms with E-state index >= 15 is 0 Å². The first-order valence-corrected chi connectivity index (χ1v) is 12.5. The molecular formula is C28H38O2. The fourth-order valence-corrected chi connectivity index (χ4v) is 7.52. The lowest BCUT2D eigenvalue weighted by molar-refractivity contribution is -0.0503. The largest absolute Gasteiger partial charge is 0.498 e. The number of rotatable bonds is 6. The fourth-order valence-electron chi connectivity index (χ4n) is 7.52. The summed E-state index contributed by atoms with van der Waals surface area (Å²) < 4.78 is 5.98. The summed E-state index contributed by atoms with van der Waals surface area (Å²) in [7, 11) is 0. The van der Waals surface area contributed by atoms with Crippen molar-refractivity contribution in [1.29, 1.82) is 0 Å². The molecule has 2 nitrogen and oxygen atoms in total. The number of aliphatic hydroxyl groups is 1. The van der Waals surface area contributed by atoms with E-state index in [2.05, 4.69) is 43.3 Å². The van der Waals surface area contributed by atoms with Crippen molar-refractivity contribution >= 4 is 0 Å². The lowest BCUT2D eigenvalue weighted by Gasteiger charge is -2.52. The minimum atomic E-state index is -0.0946. The van der Waals surface area contributed by atoms with E-state index in [4.69, 9.17) is 4.74 Å². The first kappa shape index (κ1) is 20.4. The quantitative estimate of drug-likeness (QED) is 0.540. The number of aliphatic hydroxyl groups excluding tert-OH is 1. The third kappa shape index (κ3) is 3.55. The Morgan fingerprint density at radius 2 is 1.97 bits per heavy atom. The van der Waals surface area contributed by atoms with Crippen molar-refractivity contribution in [3.05, 3.63) is 58.9 Å². The average molecular weight is 407 g/mol. The summed E-state index contributed by atoms with van der Waals surface area (Å²) in [5.41, 5.74) is 5.04. The second kappa shape index (κ2) is 8.54. The zero-order valence-electron chi connectivity index (χ0n) is 18.6. The van der Waals surface area contributed by atoms with Gasteiger partial charge in [0.25, 0.3) is 0 Å². The first-order chi connectivity index (χ1) is 14.7. The van der Waals surface area contributed by atoms with Crippen LogP contribution in [-0.2, 0) is 11.2 Å². The molecular weight excluding hydrogens is 368 g/mol. The molecule has 162 valence electrons. The van der Waals surface area contributed by atoms with Crippen LogP contribution in [-0.4, -0.2) is 17.8 Å². The Labute approximate surface area is 182 Å². The van der Waals surface area contributed by atoms with Crippen molar-refractivity contribution in [3.63, 3.8) is 0 Å². The molecule has 0 aromatic heterocycles. The van der Waals surface area contributed by atoms with Crippen LogP contribution < -0.4 is 0 Å². The molecule has 1 N–H and O–H groups in total. The van der Waals surface area contributed by atoms with E-state index in [-0.39, 0.29) is 11.5 Å². The fraction of sp³-hybridized carbons (Fsp3) is 0.643. The Bertz CT molecular complexity index is 807. The molecule has 1 aromatic carbocycles. The predicted molar refractivity (Wildman–Crippen MR) is 122 cm³/mol. The average Bonchev–Trinajstić information content (AvgIpc) is 3.13. The smallest absolute Gasteiger partial charge is 0.0963 e. The van der Waals surface area contributed by atoms with Crippen LogP contribution in [0.3, 0.4) is 0 Å². The van der Waals surface area contributed by atoms with Gasteiger partial charge in [0, 0.05) is 6.42 Å². The molecule has 30 heavy (non-hydrogen) atoms. The normalized spacial score (nSPS) is 35.3. The van der Waals surface area contributed by atoms with Crippen molar-refractivity contribution < 1.29 is 9.84 Å². The standard InChI is InChI=1S/C28H38O2/c1-2-18-30-22-9-11-23-21(19-22)8-10-25-24(23)15-17-28(26(25)12-13-27(28)29)16-14-20-6-4-3-5-7-20/h3-7,9,24-27,29H,2,8,10-19H2,1H3/t24-,25-,26+,27+,28+/m1/s1. The van der Waals surface area contributed by atoms with E-state index in [0.29, 0.717) is 5.92 Å². The third-order valence-corrected chi connectivity index (χ3v) is 8.94. The highest BCUT2D eigenvalue weighted by Gasteiger charge is 2.56. The SMILES string of the molecule is CCCOC1=CCC2=C(CC[C@@H]3[C@@H]2CC[C@]2(CCc4ccccc4)[C@@H](O)CC[C@@H]32)C1. The summed E-state index contributed by atoms with van der Waals surface area (Å²) in [5.74, 6) is 3.49. The third-order valence-electron chi connectivity index (χ3n) is 8.94. The maximum Gasteiger partial charge on any atom is 0.0963 e. The summed E-state index contributed by atoms with van der Waals surface area (Å²) in [4.78, 5) is 0. The number of fused-ring (bicyclic) bond motifs is 4. The van der Waals surface area contributed by atoms with E-state index in [1.54, 1.807) is 11.1 Å². The molecule has 5 atom stereocenters. The molecule has 4 aliphatic carbocycles. The van der Waals surface area contributed by atoms with E-state index in [0.717, 1.165) is 57.0 Å². The molecule has 0 heterocycles. The molecule has 2 heteroatoms. The van der Waals surface area contributed by atoms with Crippen LogP contribution in [0.25, 0.3) is 0 Å². The van der Waals surface area contributed by atoms with Gasteiger partial charge in [-0.1, -0.05) is 48.4 Å². The maximum atomic E-state index is 11.2. The Morgan fingerprint density at radius 3 is 2.80 bits per heavy atom. The molecule has 0 bridgehead atoms.